The summed E-state index contributed by atoms with van der Waals surface area (Å²) in [5.74, 6) is 0.411. The first-order chi connectivity index (χ1) is 7.65. The number of aryl methyl sites for hydroxylation is 1. The van der Waals surface area contributed by atoms with Crippen LogP contribution < -0.4 is 5.43 Å². The molecule has 0 spiro atoms. The number of H-pyrrole nitrogens is 1. The molecule has 0 aliphatic rings. The summed E-state index contributed by atoms with van der Waals surface area (Å²) in [4.78, 5) is 18.0. The molecule has 0 fully saturated rings. The standard InChI is InChI=1S/C11H8N2O3/c1-5-12-9-7-3-2-6(14)4-8(7)16-10(9)11(15)13-5/h2-4,15H,1H3,(H,12,13). The van der Waals surface area contributed by atoms with Crippen LogP contribution in [0.1, 0.15) is 5.82 Å². The molecule has 0 amide bonds. The summed E-state index contributed by atoms with van der Waals surface area (Å²) in [7, 11) is 0. The second-order valence-electron chi connectivity index (χ2n) is 3.61. The number of aromatic amines is 1. The number of fused-ring (bicyclic) bond motifs is 3. The molecule has 2 aromatic heterocycles. The minimum absolute atomic E-state index is 0.129. The van der Waals surface area contributed by atoms with E-state index in [1.54, 1.807) is 13.0 Å². The van der Waals surface area contributed by atoms with Gasteiger partial charge >= 0.3 is 0 Å². The summed E-state index contributed by atoms with van der Waals surface area (Å²) in [5.41, 5.74) is 1.24. The molecule has 0 radical (unpaired) electrons. The van der Waals surface area contributed by atoms with Crippen molar-refractivity contribution in [3.63, 3.8) is 0 Å². The first-order valence-corrected chi connectivity index (χ1v) is 4.77. The average Bonchev–Trinajstić information content (AvgIpc) is 2.56. The van der Waals surface area contributed by atoms with Gasteiger partial charge in [0.05, 0.1) is 5.52 Å². The van der Waals surface area contributed by atoms with E-state index >= 15 is 0 Å². The van der Waals surface area contributed by atoms with Gasteiger partial charge in [-0.05, 0) is 19.1 Å². The Balaban J connectivity index is 2.60. The molecule has 0 saturated carbocycles. The molecule has 2 heterocycles. The lowest BCUT2D eigenvalue weighted by molar-refractivity contribution is 0.445. The van der Waals surface area contributed by atoms with E-state index in [1.807, 2.05) is 0 Å². The van der Waals surface area contributed by atoms with Gasteiger partial charge in [-0.15, -0.1) is 0 Å². The molecule has 0 bridgehead atoms. The van der Waals surface area contributed by atoms with Gasteiger partial charge < -0.3 is 14.5 Å². The third-order valence-corrected chi connectivity index (χ3v) is 2.44. The molecular weight excluding hydrogens is 208 g/mol. The smallest absolute Gasteiger partial charge is 0.259 e. The van der Waals surface area contributed by atoms with Crippen molar-refractivity contribution in [1.82, 2.24) is 9.97 Å². The minimum Gasteiger partial charge on any atom is -0.491 e. The molecule has 80 valence electrons. The van der Waals surface area contributed by atoms with Crippen LogP contribution in [-0.4, -0.2) is 15.1 Å². The van der Waals surface area contributed by atoms with Crippen LogP contribution in [0.4, 0.5) is 0 Å². The highest BCUT2D eigenvalue weighted by Crippen LogP contribution is 2.30. The summed E-state index contributed by atoms with van der Waals surface area (Å²) in [6.07, 6.45) is 0. The zero-order valence-corrected chi connectivity index (χ0v) is 8.44. The van der Waals surface area contributed by atoms with Crippen LogP contribution in [0.15, 0.2) is 27.4 Å². The maximum atomic E-state index is 11.2. The van der Waals surface area contributed by atoms with E-state index in [2.05, 4.69) is 9.97 Å². The first kappa shape index (κ1) is 8.96. The molecule has 3 rings (SSSR count). The van der Waals surface area contributed by atoms with Crippen LogP contribution in [0.3, 0.4) is 0 Å². The van der Waals surface area contributed by atoms with Crippen molar-refractivity contribution < 1.29 is 9.52 Å². The van der Waals surface area contributed by atoms with E-state index in [0.717, 1.165) is 5.39 Å². The van der Waals surface area contributed by atoms with Gasteiger partial charge in [-0.1, -0.05) is 0 Å². The van der Waals surface area contributed by atoms with Crippen LogP contribution in [0.2, 0.25) is 0 Å². The molecule has 2 N–H and O–H groups in total. The largest absolute Gasteiger partial charge is 0.491 e. The Morgan fingerprint density at radius 2 is 2.25 bits per heavy atom. The number of nitrogens with zero attached hydrogens (tertiary/aromatic N) is 1. The Kier molecular flexibility index (Phi) is 1.60. The predicted molar refractivity (Wildman–Crippen MR) is 58.5 cm³/mol. The highest BCUT2D eigenvalue weighted by atomic mass is 16.4. The lowest BCUT2D eigenvalue weighted by Crippen LogP contribution is -1.92. The van der Waals surface area contributed by atoms with Gasteiger partial charge in [0.15, 0.2) is 5.43 Å². The maximum Gasteiger partial charge on any atom is 0.259 e. The zero-order valence-electron chi connectivity index (χ0n) is 8.44. The van der Waals surface area contributed by atoms with E-state index in [4.69, 9.17) is 4.42 Å². The molecular formula is C11H8N2O3. The number of furan rings is 1. The van der Waals surface area contributed by atoms with E-state index < -0.39 is 0 Å². The molecule has 0 aliphatic heterocycles. The van der Waals surface area contributed by atoms with Gasteiger partial charge in [0.25, 0.3) is 5.88 Å². The minimum atomic E-state index is -0.171. The number of aromatic nitrogens is 2. The van der Waals surface area contributed by atoms with Crippen molar-refractivity contribution in [2.24, 2.45) is 0 Å². The van der Waals surface area contributed by atoms with Gasteiger partial charge in [-0.2, -0.15) is 4.98 Å². The SMILES string of the molecule is Cc1nc(O)c2oc3cc(=O)ccc3c2[nH]1. The van der Waals surface area contributed by atoms with Crippen molar-refractivity contribution in [2.75, 3.05) is 0 Å². The normalized spacial score (nSPS) is 11.3. The van der Waals surface area contributed by atoms with Crippen molar-refractivity contribution in [3.05, 3.63) is 34.2 Å². The average molecular weight is 216 g/mol. The molecule has 16 heavy (non-hydrogen) atoms. The van der Waals surface area contributed by atoms with Crippen molar-refractivity contribution >= 4 is 22.1 Å². The summed E-state index contributed by atoms with van der Waals surface area (Å²) in [5, 5.41) is 10.4. The van der Waals surface area contributed by atoms with Gasteiger partial charge in [0, 0.05) is 11.5 Å². The van der Waals surface area contributed by atoms with Gasteiger partial charge in [0.2, 0.25) is 5.58 Å². The summed E-state index contributed by atoms with van der Waals surface area (Å²) in [6.45, 7) is 1.74. The van der Waals surface area contributed by atoms with Gasteiger partial charge in [-0.3, -0.25) is 4.79 Å². The zero-order chi connectivity index (χ0) is 11.3. The molecule has 5 heteroatoms. The fourth-order valence-corrected chi connectivity index (χ4v) is 1.78. The molecule has 0 saturated heterocycles. The second kappa shape index (κ2) is 2.85. The Bertz CT molecular complexity index is 755. The highest BCUT2D eigenvalue weighted by molar-refractivity contribution is 6.03. The third-order valence-electron chi connectivity index (χ3n) is 2.44. The maximum absolute atomic E-state index is 11.2. The van der Waals surface area contributed by atoms with Crippen LogP contribution in [0.5, 0.6) is 5.88 Å². The number of rotatable bonds is 0. The fraction of sp³-hybridized carbons (Fsp3) is 0.0909. The van der Waals surface area contributed by atoms with E-state index in [1.165, 1.54) is 12.1 Å². The quantitative estimate of drug-likeness (QED) is 0.599. The number of aromatic hydroxyl groups is 1. The summed E-state index contributed by atoms with van der Waals surface area (Å²) < 4.78 is 5.38. The lowest BCUT2D eigenvalue weighted by atomic mass is 10.2. The number of benzene rings is 1. The van der Waals surface area contributed by atoms with Crippen LogP contribution in [-0.2, 0) is 0 Å². The van der Waals surface area contributed by atoms with E-state index in [9.17, 15) is 9.90 Å². The first-order valence-electron chi connectivity index (χ1n) is 4.77. The fourth-order valence-electron chi connectivity index (χ4n) is 1.78. The molecule has 1 aromatic carbocycles. The van der Waals surface area contributed by atoms with Crippen molar-refractivity contribution in [2.45, 2.75) is 6.92 Å². The van der Waals surface area contributed by atoms with E-state index in [-0.39, 0.29) is 16.9 Å². The molecule has 0 atom stereocenters. The Morgan fingerprint density at radius 1 is 1.44 bits per heavy atom. The Morgan fingerprint density at radius 3 is 3.06 bits per heavy atom. The number of hydrogen-bond donors (Lipinski definition) is 2. The Hall–Kier alpha value is -2.30. The molecule has 0 aliphatic carbocycles. The van der Waals surface area contributed by atoms with Gasteiger partial charge in [0.1, 0.15) is 11.4 Å². The van der Waals surface area contributed by atoms with Gasteiger partial charge in [-0.25, -0.2) is 0 Å². The molecule has 0 unspecified atom stereocenters. The highest BCUT2D eigenvalue weighted by Gasteiger charge is 2.12. The number of hydrogen-bond acceptors (Lipinski definition) is 4. The molecule has 5 nitrogen and oxygen atoms in total. The van der Waals surface area contributed by atoms with Crippen LogP contribution >= 0.6 is 0 Å². The monoisotopic (exact) mass is 216 g/mol. The van der Waals surface area contributed by atoms with E-state index in [0.29, 0.717) is 16.9 Å². The topological polar surface area (TPSA) is 79.1 Å². The number of nitrogens with one attached hydrogen (secondary N) is 1. The molecule has 3 aromatic rings. The van der Waals surface area contributed by atoms with Crippen LogP contribution in [0, 0.1) is 6.92 Å². The summed E-state index contributed by atoms with van der Waals surface area (Å²) >= 11 is 0. The predicted octanol–water partition coefficient (Wildman–Crippen LogP) is 1.68. The summed E-state index contributed by atoms with van der Waals surface area (Å²) in [6, 6.07) is 4.51. The second-order valence-corrected chi connectivity index (χ2v) is 3.61. The van der Waals surface area contributed by atoms with Crippen molar-refractivity contribution in [1.29, 1.82) is 0 Å². The third kappa shape index (κ3) is 1.11. The lowest BCUT2D eigenvalue weighted by Gasteiger charge is -1.96. The Labute approximate surface area is 89.3 Å². The van der Waals surface area contributed by atoms with Crippen LogP contribution in [0.25, 0.3) is 22.1 Å². The van der Waals surface area contributed by atoms with Crippen molar-refractivity contribution in [3.8, 4) is 5.88 Å².